The predicted molar refractivity (Wildman–Crippen MR) is 68.1 cm³/mol. The monoisotopic (exact) mass is 310 g/mol. The Labute approximate surface area is 113 Å². The number of halogens is 1. The summed E-state index contributed by atoms with van der Waals surface area (Å²) >= 11 is 5.37. The van der Waals surface area contributed by atoms with Gasteiger partial charge in [-0.3, -0.25) is 14.7 Å². The smallest absolute Gasteiger partial charge is 0.296 e. The van der Waals surface area contributed by atoms with E-state index in [9.17, 15) is 23.6 Å². The van der Waals surface area contributed by atoms with E-state index in [1.807, 2.05) is 0 Å². The molecule has 0 amide bonds. The lowest BCUT2D eigenvalue weighted by Gasteiger charge is -2.12. The van der Waals surface area contributed by atoms with Crippen LogP contribution in [0.15, 0.2) is 23.1 Å². The number of alkyl halides is 1. The van der Waals surface area contributed by atoms with Crippen LogP contribution < -0.4 is 5.32 Å². The number of anilines is 1. The summed E-state index contributed by atoms with van der Waals surface area (Å²) in [6, 6.07) is 2.93. The molecule has 1 atom stereocenters. The maximum atomic E-state index is 11.1. The van der Waals surface area contributed by atoms with Crippen molar-refractivity contribution in [2.75, 3.05) is 17.7 Å². The number of non-ortho nitro benzene ring substituents is 1. The zero-order valence-electron chi connectivity index (χ0n) is 9.48. The lowest BCUT2D eigenvalue weighted by molar-refractivity contribution is -0.385. The van der Waals surface area contributed by atoms with Gasteiger partial charge in [-0.1, -0.05) is 0 Å². The third kappa shape index (κ3) is 4.31. The van der Waals surface area contributed by atoms with E-state index in [0.717, 1.165) is 18.2 Å². The van der Waals surface area contributed by atoms with Crippen molar-refractivity contribution in [3.8, 4) is 0 Å². The van der Waals surface area contributed by atoms with Gasteiger partial charge in [-0.15, -0.1) is 11.6 Å². The van der Waals surface area contributed by atoms with Crippen molar-refractivity contribution in [2.45, 2.75) is 11.0 Å². The second-order valence-electron chi connectivity index (χ2n) is 3.60. The number of nitro groups is 1. The number of benzene rings is 1. The van der Waals surface area contributed by atoms with Crippen molar-refractivity contribution >= 4 is 33.1 Å². The first-order chi connectivity index (χ1) is 8.75. The Morgan fingerprint density at radius 2 is 2.11 bits per heavy atom. The molecule has 1 aromatic carbocycles. The van der Waals surface area contributed by atoms with E-state index < -0.39 is 31.7 Å². The van der Waals surface area contributed by atoms with Crippen LogP contribution in [0.3, 0.4) is 0 Å². The molecule has 0 aliphatic rings. The molecule has 0 spiro atoms. The van der Waals surface area contributed by atoms with Gasteiger partial charge in [0.15, 0.2) is 0 Å². The van der Waals surface area contributed by atoms with Crippen LogP contribution in [0.2, 0.25) is 0 Å². The van der Waals surface area contributed by atoms with E-state index in [2.05, 4.69) is 5.32 Å². The van der Waals surface area contributed by atoms with Crippen LogP contribution in [0.5, 0.6) is 0 Å². The standard InChI is InChI=1S/C9H11ClN2O6S/c10-4-7(13)5-11-8-2-1-6(12(14)15)3-9(8)19(16,17)18/h1-3,7,11,13H,4-5H2,(H,16,17,18). The first kappa shape index (κ1) is 15.6. The molecule has 0 aliphatic carbocycles. The van der Waals surface area contributed by atoms with Gasteiger partial charge in [0.2, 0.25) is 0 Å². The Morgan fingerprint density at radius 3 is 2.58 bits per heavy atom. The summed E-state index contributed by atoms with van der Waals surface area (Å²) in [7, 11) is -4.63. The molecule has 0 radical (unpaired) electrons. The first-order valence-corrected chi connectivity index (χ1v) is 6.97. The van der Waals surface area contributed by atoms with Crippen molar-refractivity contribution in [3.63, 3.8) is 0 Å². The van der Waals surface area contributed by atoms with Crippen LogP contribution in [0.4, 0.5) is 11.4 Å². The maximum absolute atomic E-state index is 11.1. The molecular weight excluding hydrogens is 300 g/mol. The van der Waals surface area contributed by atoms with Gasteiger partial charge < -0.3 is 10.4 Å². The van der Waals surface area contributed by atoms with E-state index in [0.29, 0.717) is 0 Å². The summed E-state index contributed by atoms with van der Waals surface area (Å²) in [5.41, 5.74) is -0.534. The van der Waals surface area contributed by atoms with E-state index in [1.165, 1.54) is 0 Å². The Balaban J connectivity index is 3.14. The molecule has 0 heterocycles. The largest absolute Gasteiger partial charge is 0.390 e. The number of nitrogens with one attached hydrogen (secondary N) is 1. The average molecular weight is 311 g/mol. The van der Waals surface area contributed by atoms with E-state index >= 15 is 0 Å². The lowest BCUT2D eigenvalue weighted by Crippen LogP contribution is -2.21. The van der Waals surface area contributed by atoms with Gasteiger partial charge in [0.25, 0.3) is 15.8 Å². The molecule has 1 unspecified atom stereocenters. The molecule has 19 heavy (non-hydrogen) atoms. The minimum absolute atomic E-state index is 0.0581. The highest BCUT2D eigenvalue weighted by Gasteiger charge is 2.20. The van der Waals surface area contributed by atoms with E-state index in [4.69, 9.17) is 16.2 Å². The van der Waals surface area contributed by atoms with Gasteiger partial charge in [-0.25, -0.2) is 0 Å². The molecular formula is C9H11ClN2O6S. The highest BCUT2D eigenvalue weighted by molar-refractivity contribution is 7.86. The summed E-state index contributed by atoms with van der Waals surface area (Å²) in [6.45, 7) is -0.0656. The van der Waals surface area contributed by atoms with E-state index in [1.54, 1.807) is 0 Å². The number of nitro benzene ring substituents is 1. The Morgan fingerprint density at radius 1 is 1.47 bits per heavy atom. The number of rotatable bonds is 6. The highest BCUT2D eigenvalue weighted by atomic mass is 35.5. The van der Waals surface area contributed by atoms with Crippen molar-refractivity contribution in [3.05, 3.63) is 28.3 Å². The second-order valence-corrected chi connectivity index (χ2v) is 5.30. The van der Waals surface area contributed by atoms with Crippen molar-refractivity contribution in [1.82, 2.24) is 0 Å². The molecule has 0 saturated carbocycles. The van der Waals surface area contributed by atoms with Crippen LogP contribution in [0.25, 0.3) is 0 Å². The molecule has 0 aromatic heterocycles. The number of aliphatic hydroxyl groups excluding tert-OH is 1. The summed E-state index contributed by atoms with van der Waals surface area (Å²) in [6.07, 6.45) is -0.925. The first-order valence-electron chi connectivity index (χ1n) is 4.99. The fourth-order valence-corrected chi connectivity index (χ4v) is 2.06. The topological polar surface area (TPSA) is 130 Å². The summed E-state index contributed by atoms with van der Waals surface area (Å²) in [5, 5.41) is 22.3. The summed E-state index contributed by atoms with van der Waals surface area (Å²) < 4.78 is 31.3. The van der Waals surface area contributed by atoms with Crippen LogP contribution in [0, 0.1) is 10.1 Å². The van der Waals surface area contributed by atoms with Crippen LogP contribution in [-0.4, -0.2) is 41.5 Å². The van der Waals surface area contributed by atoms with Gasteiger partial charge in [0, 0.05) is 18.7 Å². The maximum Gasteiger partial charge on any atom is 0.296 e. The SMILES string of the molecule is O=[N+]([O-])c1ccc(NCC(O)CCl)c(S(=O)(=O)O)c1. The van der Waals surface area contributed by atoms with Gasteiger partial charge >= 0.3 is 0 Å². The Kier molecular flexibility index (Phi) is 5.06. The molecule has 106 valence electrons. The van der Waals surface area contributed by atoms with Crippen molar-refractivity contribution < 1.29 is 23.0 Å². The summed E-state index contributed by atoms with van der Waals surface area (Å²) in [4.78, 5) is 9.13. The summed E-state index contributed by atoms with van der Waals surface area (Å²) in [5.74, 6) is -0.0683. The lowest BCUT2D eigenvalue weighted by atomic mass is 10.2. The minimum atomic E-state index is -4.63. The molecule has 1 aromatic rings. The average Bonchev–Trinajstić information content (AvgIpc) is 2.34. The number of aliphatic hydroxyl groups is 1. The van der Waals surface area contributed by atoms with Crippen molar-refractivity contribution in [1.29, 1.82) is 0 Å². The zero-order valence-corrected chi connectivity index (χ0v) is 11.1. The quantitative estimate of drug-likeness (QED) is 0.307. The van der Waals surface area contributed by atoms with Crippen LogP contribution in [0.1, 0.15) is 0 Å². The predicted octanol–water partition coefficient (Wildman–Crippen LogP) is 0.853. The number of hydrogen-bond acceptors (Lipinski definition) is 6. The molecule has 0 aliphatic heterocycles. The van der Waals surface area contributed by atoms with Crippen LogP contribution >= 0.6 is 11.6 Å². The third-order valence-electron chi connectivity index (χ3n) is 2.16. The third-order valence-corrected chi connectivity index (χ3v) is 3.41. The molecule has 0 fully saturated rings. The molecule has 10 heteroatoms. The molecule has 8 nitrogen and oxygen atoms in total. The van der Waals surface area contributed by atoms with Gasteiger partial charge in [-0.05, 0) is 6.07 Å². The van der Waals surface area contributed by atoms with E-state index in [-0.39, 0.29) is 18.1 Å². The van der Waals surface area contributed by atoms with Crippen molar-refractivity contribution in [2.24, 2.45) is 0 Å². The molecule has 0 bridgehead atoms. The fourth-order valence-electron chi connectivity index (χ4n) is 1.27. The second kappa shape index (κ2) is 6.15. The van der Waals surface area contributed by atoms with Gasteiger partial charge in [0.05, 0.1) is 22.6 Å². The van der Waals surface area contributed by atoms with Gasteiger partial charge in [0.1, 0.15) is 4.90 Å². The zero-order chi connectivity index (χ0) is 14.6. The normalized spacial score (nSPS) is 13.0. The Bertz CT molecular complexity index is 576. The highest BCUT2D eigenvalue weighted by Crippen LogP contribution is 2.26. The van der Waals surface area contributed by atoms with Gasteiger partial charge in [-0.2, -0.15) is 8.42 Å². The fraction of sp³-hybridized carbons (Fsp3) is 0.333. The Hall–Kier alpha value is -1.42. The molecule has 0 saturated heterocycles. The number of hydrogen-bond donors (Lipinski definition) is 3. The molecule has 1 rings (SSSR count). The van der Waals surface area contributed by atoms with Crippen LogP contribution in [-0.2, 0) is 10.1 Å². The minimum Gasteiger partial charge on any atom is -0.390 e. The molecule has 3 N–H and O–H groups in total. The number of nitrogens with zero attached hydrogens (tertiary/aromatic N) is 1.